The lowest BCUT2D eigenvalue weighted by molar-refractivity contribution is -0.115. The van der Waals surface area contributed by atoms with Gasteiger partial charge in [0, 0.05) is 17.7 Å². The number of carbonyl (C=O) groups is 3. The molecule has 3 aromatic carbocycles. The van der Waals surface area contributed by atoms with Crippen LogP contribution >= 0.6 is 0 Å². The number of anilines is 1. The zero-order chi connectivity index (χ0) is 19.2. The molecular formula is C22H19NO4. The Labute approximate surface area is 157 Å². The lowest BCUT2D eigenvalue weighted by Crippen LogP contribution is -2.15. The lowest BCUT2D eigenvalue weighted by atomic mass is 10.0. The molecule has 5 nitrogen and oxygen atoms in total. The summed E-state index contributed by atoms with van der Waals surface area (Å²) < 4.78 is 5.16. The molecule has 3 aromatic rings. The van der Waals surface area contributed by atoms with Crippen molar-refractivity contribution in [1.82, 2.24) is 0 Å². The zero-order valence-electron chi connectivity index (χ0n) is 14.9. The van der Waals surface area contributed by atoms with E-state index in [1.807, 2.05) is 30.3 Å². The molecule has 1 amide bonds. The number of rotatable bonds is 6. The van der Waals surface area contributed by atoms with Crippen LogP contribution in [0.3, 0.4) is 0 Å². The SMILES string of the molecule is CCC(=O)Nc1ccc(C(=O)OCC(=O)c2cccc3ccccc23)cc1. The number of nitrogens with one attached hydrogen (secondary N) is 1. The molecule has 0 atom stereocenters. The average molecular weight is 361 g/mol. The fraction of sp³-hybridized carbons (Fsp3) is 0.136. The summed E-state index contributed by atoms with van der Waals surface area (Å²) in [6.07, 6.45) is 0.375. The van der Waals surface area contributed by atoms with Crippen LogP contribution in [0.25, 0.3) is 10.8 Å². The van der Waals surface area contributed by atoms with Gasteiger partial charge in [0.2, 0.25) is 11.7 Å². The number of hydrogen-bond acceptors (Lipinski definition) is 4. The standard InChI is InChI=1S/C22H19NO4/c1-2-21(25)23-17-12-10-16(11-13-17)22(26)27-14-20(24)19-9-5-7-15-6-3-4-8-18(15)19/h3-13H,2,14H2,1H3,(H,23,25). The summed E-state index contributed by atoms with van der Waals surface area (Å²) >= 11 is 0. The summed E-state index contributed by atoms with van der Waals surface area (Å²) in [6.45, 7) is 1.43. The van der Waals surface area contributed by atoms with Crippen molar-refractivity contribution in [3.8, 4) is 0 Å². The van der Waals surface area contributed by atoms with Crippen LogP contribution < -0.4 is 5.32 Å². The second kappa shape index (κ2) is 8.27. The second-order valence-corrected chi connectivity index (χ2v) is 6.01. The zero-order valence-corrected chi connectivity index (χ0v) is 14.9. The minimum absolute atomic E-state index is 0.106. The smallest absolute Gasteiger partial charge is 0.338 e. The van der Waals surface area contributed by atoms with Gasteiger partial charge in [-0.05, 0) is 35.0 Å². The molecule has 3 rings (SSSR count). The van der Waals surface area contributed by atoms with E-state index >= 15 is 0 Å². The molecule has 27 heavy (non-hydrogen) atoms. The van der Waals surface area contributed by atoms with Gasteiger partial charge in [0.05, 0.1) is 5.56 Å². The van der Waals surface area contributed by atoms with Gasteiger partial charge in [-0.25, -0.2) is 4.79 Å². The van der Waals surface area contributed by atoms with Gasteiger partial charge in [0.15, 0.2) is 6.61 Å². The van der Waals surface area contributed by atoms with Crippen molar-refractivity contribution in [3.05, 3.63) is 77.9 Å². The molecule has 0 bridgehead atoms. The third-order valence-electron chi connectivity index (χ3n) is 4.15. The highest BCUT2D eigenvalue weighted by atomic mass is 16.5. The number of fused-ring (bicyclic) bond motifs is 1. The van der Waals surface area contributed by atoms with Gasteiger partial charge < -0.3 is 10.1 Å². The third-order valence-corrected chi connectivity index (χ3v) is 4.15. The van der Waals surface area contributed by atoms with E-state index in [0.29, 0.717) is 23.2 Å². The van der Waals surface area contributed by atoms with Crippen molar-refractivity contribution >= 4 is 34.1 Å². The molecule has 0 saturated carbocycles. The van der Waals surface area contributed by atoms with E-state index in [1.54, 1.807) is 43.3 Å². The molecule has 0 fully saturated rings. The van der Waals surface area contributed by atoms with Crippen LogP contribution in [-0.4, -0.2) is 24.3 Å². The van der Waals surface area contributed by atoms with Crippen molar-refractivity contribution in [2.75, 3.05) is 11.9 Å². The Bertz CT molecular complexity index is 987. The fourth-order valence-corrected chi connectivity index (χ4v) is 2.70. The fourth-order valence-electron chi connectivity index (χ4n) is 2.70. The number of Topliss-reactive ketones (excluding diaryl/α,β-unsaturated/α-hetero) is 1. The molecule has 0 aromatic heterocycles. The molecule has 0 aliphatic rings. The second-order valence-electron chi connectivity index (χ2n) is 6.01. The summed E-state index contributed by atoms with van der Waals surface area (Å²) in [5.74, 6) is -0.949. The first-order valence-electron chi connectivity index (χ1n) is 8.66. The quantitative estimate of drug-likeness (QED) is 0.527. The van der Waals surface area contributed by atoms with E-state index in [4.69, 9.17) is 4.74 Å². The molecule has 0 aliphatic carbocycles. The number of benzene rings is 3. The van der Waals surface area contributed by atoms with Gasteiger partial charge in [-0.3, -0.25) is 9.59 Å². The number of ether oxygens (including phenoxy) is 1. The summed E-state index contributed by atoms with van der Waals surface area (Å²) in [4.78, 5) is 36.0. The number of esters is 1. The minimum atomic E-state index is -0.586. The maximum absolute atomic E-state index is 12.5. The van der Waals surface area contributed by atoms with E-state index in [0.717, 1.165) is 10.8 Å². The van der Waals surface area contributed by atoms with Crippen LogP contribution in [0.4, 0.5) is 5.69 Å². The van der Waals surface area contributed by atoms with Crippen molar-refractivity contribution in [2.45, 2.75) is 13.3 Å². The number of hydrogen-bond donors (Lipinski definition) is 1. The predicted molar refractivity (Wildman–Crippen MR) is 104 cm³/mol. The van der Waals surface area contributed by atoms with Gasteiger partial charge in [0.25, 0.3) is 0 Å². The van der Waals surface area contributed by atoms with Gasteiger partial charge in [-0.2, -0.15) is 0 Å². The van der Waals surface area contributed by atoms with Crippen molar-refractivity contribution in [3.63, 3.8) is 0 Å². The van der Waals surface area contributed by atoms with Crippen molar-refractivity contribution in [2.24, 2.45) is 0 Å². The summed E-state index contributed by atoms with van der Waals surface area (Å²) in [5.41, 5.74) is 1.44. The lowest BCUT2D eigenvalue weighted by Gasteiger charge is -2.08. The Kier molecular flexibility index (Phi) is 5.61. The van der Waals surface area contributed by atoms with E-state index < -0.39 is 5.97 Å². The Morgan fingerprint density at radius 1 is 0.889 bits per heavy atom. The Morgan fingerprint density at radius 2 is 1.59 bits per heavy atom. The summed E-state index contributed by atoms with van der Waals surface area (Å²) in [6, 6.07) is 19.4. The molecule has 0 saturated heterocycles. The first-order valence-corrected chi connectivity index (χ1v) is 8.66. The summed E-state index contributed by atoms with van der Waals surface area (Å²) in [7, 11) is 0. The highest BCUT2D eigenvalue weighted by Crippen LogP contribution is 2.19. The van der Waals surface area contributed by atoms with Crippen LogP contribution in [0.2, 0.25) is 0 Å². The molecule has 5 heteroatoms. The highest BCUT2D eigenvalue weighted by molar-refractivity contribution is 6.09. The molecule has 0 heterocycles. The van der Waals surface area contributed by atoms with Crippen LogP contribution in [0, 0.1) is 0 Å². The normalized spacial score (nSPS) is 10.4. The topological polar surface area (TPSA) is 72.5 Å². The molecule has 1 N–H and O–H groups in total. The van der Waals surface area contributed by atoms with Gasteiger partial charge in [-0.1, -0.05) is 49.4 Å². The van der Waals surface area contributed by atoms with Crippen LogP contribution in [-0.2, 0) is 9.53 Å². The van der Waals surface area contributed by atoms with Gasteiger partial charge >= 0.3 is 5.97 Å². The monoisotopic (exact) mass is 361 g/mol. The van der Waals surface area contributed by atoms with Crippen LogP contribution in [0.5, 0.6) is 0 Å². The van der Waals surface area contributed by atoms with Crippen LogP contribution in [0.1, 0.15) is 34.1 Å². The Balaban J connectivity index is 1.64. The molecule has 136 valence electrons. The maximum atomic E-state index is 12.5. The largest absolute Gasteiger partial charge is 0.454 e. The molecular weight excluding hydrogens is 342 g/mol. The predicted octanol–water partition coefficient (Wildman–Crippen LogP) is 4.23. The first-order chi connectivity index (χ1) is 13.1. The molecule has 0 unspecified atom stereocenters. The van der Waals surface area contributed by atoms with E-state index in [2.05, 4.69) is 5.32 Å². The maximum Gasteiger partial charge on any atom is 0.338 e. The van der Waals surface area contributed by atoms with Gasteiger partial charge in [-0.15, -0.1) is 0 Å². The third kappa shape index (κ3) is 4.39. The van der Waals surface area contributed by atoms with E-state index in [9.17, 15) is 14.4 Å². The Hall–Kier alpha value is -3.47. The average Bonchev–Trinajstić information content (AvgIpc) is 2.71. The van der Waals surface area contributed by atoms with Crippen molar-refractivity contribution < 1.29 is 19.1 Å². The number of ketones is 1. The van der Waals surface area contributed by atoms with Gasteiger partial charge in [0.1, 0.15) is 0 Å². The van der Waals surface area contributed by atoms with E-state index in [1.165, 1.54) is 0 Å². The minimum Gasteiger partial charge on any atom is -0.454 e. The van der Waals surface area contributed by atoms with Crippen LogP contribution in [0.15, 0.2) is 66.7 Å². The van der Waals surface area contributed by atoms with E-state index in [-0.39, 0.29) is 18.3 Å². The molecule has 0 aliphatic heterocycles. The highest BCUT2D eigenvalue weighted by Gasteiger charge is 2.14. The number of carbonyl (C=O) groups excluding carboxylic acids is 3. The Morgan fingerprint density at radius 3 is 2.33 bits per heavy atom. The summed E-state index contributed by atoms with van der Waals surface area (Å²) in [5, 5.41) is 4.49. The molecule has 0 radical (unpaired) electrons. The first kappa shape index (κ1) is 18.3. The molecule has 0 spiro atoms. The number of amides is 1. The van der Waals surface area contributed by atoms with Crippen molar-refractivity contribution in [1.29, 1.82) is 0 Å².